The lowest BCUT2D eigenvalue weighted by Gasteiger charge is -2.30. The quantitative estimate of drug-likeness (QED) is 0.608. The van der Waals surface area contributed by atoms with Gasteiger partial charge in [-0.25, -0.2) is 5.01 Å². The van der Waals surface area contributed by atoms with E-state index in [0.717, 1.165) is 57.0 Å². The number of morpholine rings is 1. The zero-order valence-corrected chi connectivity index (χ0v) is 18.4. The minimum absolute atomic E-state index is 0.0288. The molecule has 0 bridgehead atoms. The predicted octanol–water partition coefficient (Wildman–Crippen LogP) is 3.47. The number of nitrogens with zero attached hydrogens (tertiary/aromatic N) is 3. The van der Waals surface area contributed by atoms with Gasteiger partial charge in [-0.3, -0.25) is 9.69 Å². The third kappa shape index (κ3) is 5.65. The normalized spacial score (nSPS) is 20.5. The molecule has 1 amide bonds. The summed E-state index contributed by atoms with van der Waals surface area (Å²) >= 11 is 1.36. The van der Waals surface area contributed by atoms with E-state index in [1.165, 1.54) is 11.8 Å². The molecule has 1 saturated heterocycles. The van der Waals surface area contributed by atoms with E-state index in [2.05, 4.69) is 11.8 Å². The smallest absolute Gasteiger partial charge is 0.302 e. The molecule has 0 spiro atoms. The fourth-order valence-corrected chi connectivity index (χ4v) is 4.47. The Bertz CT molecular complexity index is 722. The van der Waals surface area contributed by atoms with E-state index in [1.807, 2.05) is 25.1 Å². The molecule has 2 heterocycles. The molecular formula is C21H31N3O4S. The Kier molecular flexibility index (Phi) is 8.20. The molecule has 3 rings (SSSR count). The molecule has 0 aliphatic carbocycles. The molecule has 2 aliphatic heterocycles. The van der Waals surface area contributed by atoms with Crippen LogP contribution in [0.5, 0.6) is 11.5 Å². The molecule has 1 fully saturated rings. The van der Waals surface area contributed by atoms with E-state index >= 15 is 0 Å². The van der Waals surface area contributed by atoms with Gasteiger partial charge in [0.05, 0.1) is 37.9 Å². The highest BCUT2D eigenvalue weighted by Crippen LogP contribution is 2.33. The van der Waals surface area contributed by atoms with Crippen LogP contribution in [-0.4, -0.2) is 79.2 Å². The van der Waals surface area contributed by atoms with Crippen molar-refractivity contribution >= 4 is 22.7 Å². The molecular weight excluding hydrogens is 390 g/mol. The summed E-state index contributed by atoms with van der Waals surface area (Å²) in [5, 5.41) is 6.46. The number of hydrazone groups is 1. The number of amides is 1. The maximum absolute atomic E-state index is 12.6. The molecule has 0 aromatic heterocycles. The van der Waals surface area contributed by atoms with Crippen LogP contribution >= 0.6 is 11.8 Å². The van der Waals surface area contributed by atoms with Crippen LogP contribution in [0.3, 0.4) is 0 Å². The topological polar surface area (TPSA) is 63.6 Å². The van der Waals surface area contributed by atoms with Crippen molar-refractivity contribution in [3.8, 4) is 11.5 Å². The number of methoxy groups -OCH3 is 1. The van der Waals surface area contributed by atoms with Gasteiger partial charge in [-0.15, -0.1) is 0 Å². The van der Waals surface area contributed by atoms with Gasteiger partial charge in [0.25, 0.3) is 0 Å². The lowest BCUT2D eigenvalue weighted by Crippen LogP contribution is -2.39. The van der Waals surface area contributed by atoms with Crippen molar-refractivity contribution in [2.24, 2.45) is 5.10 Å². The molecule has 1 unspecified atom stereocenters. The van der Waals surface area contributed by atoms with Gasteiger partial charge < -0.3 is 14.2 Å². The van der Waals surface area contributed by atoms with E-state index in [-0.39, 0.29) is 10.5 Å². The average Bonchev–Trinajstić information content (AvgIpc) is 2.75. The Labute approximate surface area is 177 Å². The largest absolute Gasteiger partial charge is 0.493 e. The molecule has 1 aromatic carbocycles. The van der Waals surface area contributed by atoms with Crippen LogP contribution in [0.4, 0.5) is 4.79 Å². The van der Waals surface area contributed by atoms with Gasteiger partial charge in [-0.05, 0) is 38.0 Å². The fraction of sp³-hybridized carbons (Fsp3) is 0.619. The van der Waals surface area contributed by atoms with Crippen LogP contribution in [0.15, 0.2) is 23.3 Å². The van der Waals surface area contributed by atoms with Gasteiger partial charge in [-0.2, -0.15) is 5.10 Å². The van der Waals surface area contributed by atoms with Crippen molar-refractivity contribution in [2.75, 3.05) is 53.1 Å². The lowest BCUT2D eigenvalue weighted by atomic mass is 10.0. The van der Waals surface area contributed by atoms with Crippen LogP contribution in [0.25, 0.3) is 0 Å². The van der Waals surface area contributed by atoms with Crippen molar-refractivity contribution in [3.63, 3.8) is 0 Å². The van der Waals surface area contributed by atoms with E-state index in [9.17, 15) is 4.79 Å². The summed E-state index contributed by atoms with van der Waals surface area (Å²) in [4.78, 5) is 15.0. The summed E-state index contributed by atoms with van der Waals surface area (Å²) in [7, 11) is 1.63. The Balaban J connectivity index is 1.74. The average molecular weight is 422 g/mol. The monoisotopic (exact) mass is 421 g/mol. The van der Waals surface area contributed by atoms with Gasteiger partial charge in [0.2, 0.25) is 0 Å². The molecule has 1 aromatic rings. The first-order chi connectivity index (χ1) is 14.2. The Hall–Kier alpha value is -1.77. The molecule has 29 heavy (non-hydrogen) atoms. The number of thioether (sulfide) groups is 1. The minimum atomic E-state index is 0.0288. The predicted molar refractivity (Wildman–Crippen MR) is 116 cm³/mol. The van der Waals surface area contributed by atoms with Crippen LogP contribution in [0.2, 0.25) is 0 Å². The van der Waals surface area contributed by atoms with Crippen LogP contribution < -0.4 is 9.47 Å². The maximum atomic E-state index is 12.6. The summed E-state index contributed by atoms with van der Waals surface area (Å²) in [5.41, 5.74) is 1.89. The summed E-state index contributed by atoms with van der Waals surface area (Å²) in [6.45, 7) is 9.67. The number of hydrogen-bond donors (Lipinski definition) is 0. The van der Waals surface area contributed by atoms with Crippen molar-refractivity contribution in [3.05, 3.63) is 23.8 Å². The number of carbonyl (C=O) groups excluding carboxylic acids is 1. The Morgan fingerprint density at radius 2 is 2.00 bits per heavy atom. The molecule has 160 valence electrons. The summed E-state index contributed by atoms with van der Waals surface area (Å²) in [5.74, 6) is 1.40. The van der Waals surface area contributed by atoms with Gasteiger partial charge in [-0.1, -0.05) is 18.7 Å². The first-order valence-electron chi connectivity index (χ1n) is 10.3. The van der Waals surface area contributed by atoms with E-state index in [4.69, 9.17) is 19.3 Å². The summed E-state index contributed by atoms with van der Waals surface area (Å²) in [6.07, 6.45) is 1.74. The summed E-state index contributed by atoms with van der Waals surface area (Å²) in [6, 6.07) is 5.86. The van der Waals surface area contributed by atoms with Crippen LogP contribution in [-0.2, 0) is 4.74 Å². The maximum Gasteiger partial charge on any atom is 0.302 e. The molecule has 0 N–H and O–H groups in total. The number of hydrogen-bond acceptors (Lipinski definition) is 7. The van der Waals surface area contributed by atoms with Crippen molar-refractivity contribution in [1.82, 2.24) is 9.91 Å². The number of benzene rings is 1. The van der Waals surface area contributed by atoms with Gasteiger partial charge in [0.1, 0.15) is 0 Å². The first-order valence-corrected chi connectivity index (χ1v) is 11.2. The van der Waals surface area contributed by atoms with E-state index in [0.29, 0.717) is 24.7 Å². The number of carbonyl (C=O) groups is 1. The molecule has 0 saturated carbocycles. The molecule has 2 aliphatic rings. The second kappa shape index (κ2) is 10.8. The first kappa shape index (κ1) is 21.9. The highest BCUT2D eigenvalue weighted by Gasteiger charge is 2.30. The third-order valence-electron chi connectivity index (χ3n) is 5.07. The molecule has 7 nitrogen and oxygen atoms in total. The number of ether oxygens (including phenoxy) is 3. The van der Waals surface area contributed by atoms with Gasteiger partial charge in [0.15, 0.2) is 11.5 Å². The van der Waals surface area contributed by atoms with Crippen molar-refractivity contribution < 1.29 is 19.0 Å². The second-order valence-electron chi connectivity index (χ2n) is 7.00. The number of rotatable bonds is 9. The summed E-state index contributed by atoms with van der Waals surface area (Å²) < 4.78 is 16.5. The van der Waals surface area contributed by atoms with Crippen LogP contribution in [0, 0.1) is 0 Å². The fourth-order valence-electron chi connectivity index (χ4n) is 3.51. The molecule has 1 atom stereocenters. The third-order valence-corrected chi connectivity index (χ3v) is 6.32. The minimum Gasteiger partial charge on any atom is -0.493 e. The standard InChI is InChI=1S/C21H31N3O4S/c1-4-19-20(16-7-8-17(26-3)18(15-16)28-5-2)22-24(21(25)29-19)10-6-9-23-11-13-27-14-12-23/h7-8,15,19H,4-6,9-14H2,1-3H3. The Morgan fingerprint density at radius 3 is 2.69 bits per heavy atom. The Morgan fingerprint density at radius 1 is 1.21 bits per heavy atom. The van der Waals surface area contributed by atoms with E-state index < -0.39 is 0 Å². The zero-order valence-electron chi connectivity index (χ0n) is 17.6. The molecule has 8 heteroatoms. The van der Waals surface area contributed by atoms with Gasteiger partial charge in [0, 0.05) is 31.7 Å². The van der Waals surface area contributed by atoms with Gasteiger partial charge >= 0.3 is 5.24 Å². The molecule has 0 radical (unpaired) electrons. The highest BCUT2D eigenvalue weighted by molar-refractivity contribution is 8.14. The second-order valence-corrected chi connectivity index (χ2v) is 8.15. The van der Waals surface area contributed by atoms with Crippen LogP contribution in [0.1, 0.15) is 32.3 Å². The van der Waals surface area contributed by atoms with Crippen molar-refractivity contribution in [1.29, 1.82) is 0 Å². The lowest BCUT2D eigenvalue weighted by molar-refractivity contribution is 0.0366. The van der Waals surface area contributed by atoms with Crippen molar-refractivity contribution in [2.45, 2.75) is 31.9 Å². The zero-order chi connectivity index (χ0) is 20.6. The van der Waals surface area contributed by atoms with E-state index in [1.54, 1.807) is 12.1 Å². The SMILES string of the molecule is CCOc1cc(C2=NN(CCCN3CCOCC3)C(=O)SC2CC)ccc1OC. The highest BCUT2D eigenvalue weighted by atomic mass is 32.2.